The third-order valence-corrected chi connectivity index (χ3v) is 8.02. The first-order valence-electron chi connectivity index (χ1n) is 8.31. The Kier molecular flexibility index (Phi) is 6.97. The maximum absolute atomic E-state index is 11.8. The highest BCUT2D eigenvalue weighted by Gasteiger charge is 2.52. The lowest BCUT2D eigenvalue weighted by molar-refractivity contribution is -0.125. The second-order valence-electron chi connectivity index (χ2n) is 6.50. The van der Waals surface area contributed by atoms with Crippen molar-refractivity contribution in [1.82, 2.24) is 15.5 Å². The van der Waals surface area contributed by atoms with Crippen molar-refractivity contribution < 1.29 is 71.0 Å². The van der Waals surface area contributed by atoms with E-state index >= 15 is 0 Å². The van der Waals surface area contributed by atoms with Gasteiger partial charge in [0, 0.05) is 0 Å². The zero-order chi connectivity index (χ0) is 24.1. The van der Waals surface area contributed by atoms with Gasteiger partial charge in [0.25, 0.3) is 5.91 Å². The molecule has 3 aliphatic rings. The van der Waals surface area contributed by atoms with Crippen LogP contribution in [0, 0.1) is 0 Å². The minimum absolute atomic E-state index is 0.727. The quantitative estimate of drug-likeness (QED) is 0.143. The Hall–Kier alpha value is -1.30. The van der Waals surface area contributed by atoms with Crippen LogP contribution in [0.15, 0.2) is 4.99 Å². The van der Waals surface area contributed by atoms with E-state index in [1.807, 2.05) is 5.32 Å². The number of nitrogens with zero attached hydrogens (tertiary/aromatic N) is 2. The van der Waals surface area contributed by atoms with Crippen molar-refractivity contribution in [1.29, 1.82) is 0 Å². The summed E-state index contributed by atoms with van der Waals surface area (Å²) in [5.41, 5.74) is 0. The van der Waals surface area contributed by atoms with Gasteiger partial charge < -0.3 is 44.7 Å². The van der Waals surface area contributed by atoms with Gasteiger partial charge in [0.2, 0.25) is 0 Å². The molecule has 22 heteroatoms. The molecule has 0 spiro atoms. The van der Waals surface area contributed by atoms with Gasteiger partial charge >= 0.3 is 29.5 Å². The summed E-state index contributed by atoms with van der Waals surface area (Å²) in [6.07, 6.45) is -6.40. The Morgan fingerprint density at radius 3 is 2.34 bits per heavy atom. The molecule has 3 rings (SSSR count). The van der Waals surface area contributed by atoms with Crippen LogP contribution >= 0.6 is 23.5 Å². The first-order valence-corrected chi connectivity index (χ1v) is 12.8. The molecule has 3 aliphatic heterocycles. The summed E-state index contributed by atoms with van der Waals surface area (Å²) in [7, 11) is -16.8. The van der Waals surface area contributed by atoms with Crippen LogP contribution in [-0.2, 0) is 36.4 Å². The summed E-state index contributed by atoms with van der Waals surface area (Å²) in [5, 5.41) is 24.7. The van der Waals surface area contributed by atoms with Crippen molar-refractivity contribution in [2.45, 2.75) is 36.7 Å². The SMILES string of the molecule is O=C1NC(=O)C2N=CN(C3OC(COP(=O)(O)OP(=O)(O)OP(=O)(O)O)C(O)C3O)C2N1. The van der Waals surface area contributed by atoms with Crippen molar-refractivity contribution in [2.24, 2.45) is 4.99 Å². The van der Waals surface area contributed by atoms with Crippen molar-refractivity contribution in [2.75, 3.05) is 6.61 Å². The minimum atomic E-state index is -5.74. The van der Waals surface area contributed by atoms with Crippen LogP contribution < -0.4 is 10.6 Å². The lowest BCUT2D eigenvalue weighted by Crippen LogP contribution is -2.65. The summed E-state index contributed by atoms with van der Waals surface area (Å²) >= 11 is 0. The second kappa shape index (κ2) is 8.81. The highest BCUT2D eigenvalue weighted by molar-refractivity contribution is 7.66. The number of carbonyl (C=O) groups is 2. The smallest absolute Gasteiger partial charge is 0.387 e. The first kappa shape index (κ1) is 25.3. The second-order valence-corrected chi connectivity index (χ2v) is 10.9. The number of hydrogen-bond acceptors (Lipinski definition) is 13. The predicted octanol–water partition coefficient (Wildman–Crippen LogP) is -3.35. The largest absolute Gasteiger partial charge is 0.490 e. The van der Waals surface area contributed by atoms with Gasteiger partial charge in [0.1, 0.15) is 24.5 Å². The Bertz CT molecular complexity index is 954. The fourth-order valence-corrected chi connectivity index (χ4v) is 6.02. The molecule has 2 fully saturated rings. The lowest BCUT2D eigenvalue weighted by Gasteiger charge is -2.35. The molecule has 8 N–H and O–H groups in total. The van der Waals surface area contributed by atoms with E-state index in [-0.39, 0.29) is 0 Å². The molecule has 0 aromatic heterocycles. The van der Waals surface area contributed by atoms with Crippen molar-refractivity contribution in [3.05, 3.63) is 0 Å². The molecular formula is C10H17N4O15P3. The number of carbonyl (C=O) groups excluding carboxylic acids is 2. The van der Waals surface area contributed by atoms with Crippen LogP contribution in [0.2, 0.25) is 0 Å². The highest BCUT2D eigenvalue weighted by atomic mass is 31.3. The van der Waals surface area contributed by atoms with Gasteiger partial charge in [-0.25, -0.2) is 18.5 Å². The number of imide groups is 1. The number of urea groups is 1. The summed E-state index contributed by atoms with van der Waals surface area (Å²) in [5.74, 6) is -0.727. The fourth-order valence-electron chi connectivity index (χ4n) is 2.99. The summed E-state index contributed by atoms with van der Waals surface area (Å²) in [4.78, 5) is 63.9. The highest BCUT2D eigenvalue weighted by Crippen LogP contribution is 2.66. The van der Waals surface area contributed by atoms with Crippen LogP contribution in [0.3, 0.4) is 0 Å². The van der Waals surface area contributed by atoms with Gasteiger partial charge in [-0.05, 0) is 0 Å². The van der Waals surface area contributed by atoms with Gasteiger partial charge in [-0.15, -0.1) is 0 Å². The molecular weight excluding hydrogens is 509 g/mol. The average Bonchev–Trinajstić information content (AvgIpc) is 3.12. The number of ether oxygens (including phenoxy) is 1. The first-order chi connectivity index (χ1) is 14.6. The monoisotopic (exact) mass is 526 g/mol. The molecule has 8 unspecified atom stereocenters. The number of aliphatic imine (C=N–C) groups is 1. The van der Waals surface area contributed by atoms with Crippen LogP contribution in [0.25, 0.3) is 0 Å². The number of aliphatic hydroxyl groups is 2. The predicted molar refractivity (Wildman–Crippen MR) is 95.1 cm³/mol. The number of aliphatic hydroxyl groups excluding tert-OH is 2. The minimum Gasteiger partial charge on any atom is -0.387 e. The van der Waals surface area contributed by atoms with E-state index < -0.39 is 78.8 Å². The molecule has 0 saturated carbocycles. The zero-order valence-electron chi connectivity index (χ0n) is 15.3. The molecule has 0 aromatic rings. The topological polar surface area (TPSA) is 283 Å². The maximum Gasteiger partial charge on any atom is 0.490 e. The van der Waals surface area contributed by atoms with Gasteiger partial charge in [0.15, 0.2) is 12.3 Å². The Labute approximate surface area is 177 Å². The van der Waals surface area contributed by atoms with Crippen molar-refractivity contribution in [3.63, 3.8) is 0 Å². The van der Waals surface area contributed by atoms with Gasteiger partial charge in [0.05, 0.1) is 12.9 Å². The maximum atomic E-state index is 11.8. The Morgan fingerprint density at radius 2 is 1.72 bits per heavy atom. The molecule has 2 saturated heterocycles. The molecule has 0 bridgehead atoms. The Balaban J connectivity index is 1.62. The number of nitrogens with one attached hydrogen (secondary N) is 2. The van der Waals surface area contributed by atoms with Crippen molar-refractivity contribution in [3.8, 4) is 0 Å². The molecule has 0 aromatic carbocycles. The van der Waals surface area contributed by atoms with E-state index in [9.17, 15) is 38.4 Å². The fraction of sp³-hybridized carbons (Fsp3) is 0.700. The lowest BCUT2D eigenvalue weighted by atomic mass is 10.1. The normalized spacial score (nSPS) is 36.2. The molecule has 3 heterocycles. The van der Waals surface area contributed by atoms with E-state index in [4.69, 9.17) is 19.4 Å². The third kappa shape index (κ3) is 5.78. The number of hydrogen-bond donors (Lipinski definition) is 8. The number of phosphoric ester groups is 1. The van der Waals surface area contributed by atoms with Gasteiger partial charge in [-0.1, -0.05) is 0 Å². The third-order valence-electron chi connectivity index (χ3n) is 4.21. The van der Waals surface area contributed by atoms with E-state index in [2.05, 4.69) is 23.5 Å². The molecule has 19 nitrogen and oxygen atoms in total. The molecule has 32 heavy (non-hydrogen) atoms. The van der Waals surface area contributed by atoms with Gasteiger partial charge in [-0.3, -0.25) is 19.6 Å². The van der Waals surface area contributed by atoms with Crippen molar-refractivity contribution >= 4 is 41.7 Å². The summed E-state index contributed by atoms with van der Waals surface area (Å²) in [6.45, 7) is -1.02. The standard InChI is InChI=1S/C10H17N4O15P3/c15-5-3(1-26-31(22,23)29-32(24,25)28-30(19,20)21)27-9(6(5)16)14-2-11-4-7(14)12-10(18)13-8(4)17/h2-7,9,15-16H,1H2,(H,22,23)(H,24,25)(H2,19,20,21)(H2,12,13,17,18). The average molecular weight is 526 g/mol. The van der Waals surface area contributed by atoms with Gasteiger partial charge in [-0.2, -0.15) is 8.62 Å². The van der Waals surface area contributed by atoms with E-state index in [1.165, 1.54) is 0 Å². The molecule has 3 amide bonds. The molecule has 182 valence electrons. The zero-order valence-corrected chi connectivity index (χ0v) is 18.0. The number of phosphoric acid groups is 3. The van der Waals surface area contributed by atoms with Crippen LogP contribution in [0.4, 0.5) is 4.79 Å². The number of amides is 3. The molecule has 0 aliphatic carbocycles. The summed E-state index contributed by atoms with van der Waals surface area (Å²) in [6, 6.07) is -1.92. The van der Waals surface area contributed by atoms with E-state index in [0.29, 0.717) is 0 Å². The molecule has 0 radical (unpaired) electrons. The van der Waals surface area contributed by atoms with Crippen LogP contribution in [-0.4, -0.2) is 96.3 Å². The number of rotatable bonds is 8. The number of fused-ring (bicyclic) bond motifs is 1. The Morgan fingerprint density at radius 1 is 1.06 bits per heavy atom. The molecule has 8 atom stereocenters. The van der Waals surface area contributed by atoms with Crippen LogP contribution in [0.5, 0.6) is 0 Å². The van der Waals surface area contributed by atoms with Crippen LogP contribution in [0.1, 0.15) is 0 Å². The summed E-state index contributed by atoms with van der Waals surface area (Å²) < 4.78 is 50.5. The van der Waals surface area contributed by atoms with E-state index in [1.54, 1.807) is 0 Å². The van der Waals surface area contributed by atoms with E-state index in [0.717, 1.165) is 11.2 Å².